The molecule has 1 saturated heterocycles. The molecule has 2 amide bonds. The first kappa shape index (κ1) is 21.3. The maximum absolute atomic E-state index is 13.7. The van der Waals surface area contributed by atoms with Gasteiger partial charge in [-0.15, -0.1) is 12.4 Å². The fourth-order valence-electron chi connectivity index (χ4n) is 2.61. The highest BCUT2D eigenvalue weighted by Gasteiger charge is 2.28. The molecule has 0 bridgehead atoms. The van der Waals surface area contributed by atoms with Crippen molar-refractivity contribution in [3.05, 3.63) is 35.4 Å². The first-order chi connectivity index (χ1) is 11.5. The summed E-state index contributed by atoms with van der Waals surface area (Å²) in [6, 6.07) is 3.31. The van der Waals surface area contributed by atoms with Crippen molar-refractivity contribution in [1.29, 1.82) is 0 Å². The van der Waals surface area contributed by atoms with Gasteiger partial charge in [0.15, 0.2) is 0 Å². The number of piperazine rings is 1. The van der Waals surface area contributed by atoms with Crippen molar-refractivity contribution in [1.82, 2.24) is 9.80 Å². The zero-order valence-corrected chi connectivity index (χ0v) is 14.7. The Morgan fingerprint density at radius 1 is 1.16 bits per heavy atom. The molecule has 25 heavy (non-hydrogen) atoms. The average molecular weight is 378 g/mol. The van der Waals surface area contributed by atoms with Crippen LogP contribution in [0, 0.1) is 11.6 Å². The van der Waals surface area contributed by atoms with Crippen molar-refractivity contribution >= 4 is 24.2 Å². The summed E-state index contributed by atoms with van der Waals surface area (Å²) in [4.78, 5) is 27.4. The highest BCUT2D eigenvalue weighted by molar-refractivity contribution is 5.95. The molecule has 1 atom stereocenters. The van der Waals surface area contributed by atoms with Gasteiger partial charge in [-0.25, -0.2) is 8.78 Å². The lowest BCUT2D eigenvalue weighted by Gasteiger charge is -2.35. The van der Waals surface area contributed by atoms with E-state index in [-0.39, 0.29) is 50.5 Å². The van der Waals surface area contributed by atoms with Crippen molar-refractivity contribution in [3.8, 4) is 0 Å². The lowest BCUT2D eigenvalue weighted by molar-refractivity contribution is -0.135. The second-order valence-corrected chi connectivity index (χ2v) is 5.57. The summed E-state index contributed by atoms with van der Waals surface area (Å²) < 4.78 is 32.5. The van der Waals surface area contributed by atoms with Crippen molar-refractivity contribution in [2.75, 3.05) is 39.8 Å². The molecule has 1 aromatic rings. The molecule has 1 aliphatic rings. The van der Waals surface area contributed by atoms with Gasteiger partial charge in [-0.3, -0.25) is 9.59 Å². The van der Waals surface area contributed by atoms with E-state index in [1.807, 2.05) is 0 Å². The third-order valence-electron chi connectivity index (χ3n) is 4.09. The monoisotopic (exact) mass is 377 g/mol. The number of rotatable bonds is 5. The van der Waals surface area contributed by atoms with E-state index < -0.39 is 23.1 Å². The molecular weight excluding hydrogens is 356 g/mol. The fraction of sp³-hybridized carbons (Fsp3) is 0.500. The first-order valence-corrected chi connectivity index (χ1v) is 7.71. The van der Waals surface area contributed by atoms with E-state index in [4.69, 9.17) is 10.5 Å². The van der Waals surface area contributed by atoms with E-state index in [2.05, 4.69) is 0 Å². The van der Waals surface area contributed by atoms with E-state index in [9.17, 15) is 18.4 Å². The number of hydrogen-bond donors (Lipinski definition) is 1. The molecular formula is C16H22ClF2N3O3. The predicted octanol–water partition coefficient (Wildman–Crippen LogP) is 1.03. The Kier molecular flexibility index (Phi) is 8.21. The number of halogens is 3. The largest absolute Gasteiger partial charge is 0.380 e. The maximum Gasteiger partial charge on any atom is 0.259 e. The summed E-state index contributed by atoms with van der Waals surface area (Å²) in [6.07, 6.45) is -0.173. The molecule has 6 nitrogen and oxygen atoms in total. The van der Waals surface area contributed by atoms with Gasteiger partial charge in [-0.1, -0.05) is 6.07 Å². The molecule has 0 spiro atoms. The van der Waals surface area contributed by atoms with Gasteiger partial charge in [0.25, 0.3) is 5.91 Å². The van der Waals surface area contributed by atoms with Gasteiger partial charge in [0.1, 0.15) is 17.2 Å². The molecule has 1 aliphatic heterocycles. The quantitative estimate of drug-likeness (QED) is 0.831. The number of nitrogens with two attached hydrogens (primary N) is 1. The van der Waals surface area contributed by atoms with Gasteiger partial charge < -0.3 is 20.3 Å². The number of carbonyl (C=O) groups excluding carboxylic acids is 2. The Morgan fingerprint density at radius 2 is 1.68 bits per heavy atom. The van der Waals surface area contributed by atoms with Gasteiger partial charge in [-0.2, -0.15) is 0 Å². The minimum absolute atomic E-state index is 0. The van der Waals surface area contributed by atoms with Crippen LogP contribution >= 0.6 is 12.4 Å². The van der Waals surface area contributed by atoms with E-state index in [0.717, 1.165) is 12.1 Å². The molecule has 0 aromatic heterocycles. The Morgan fingerprint density at radius 3 is 2.16 bits per heavy atom. The minimum atomic E-state index is -0.885. The molecule has 0 radical (unpaired) electrons. The van der Waals surface area contributed by atoms with Crippen LogP contribution in [0.15, 0.2) is 18.2 Å². The summed E-state index contributed by atoms with van der Waals surface area (Å²) in [7, 11) is 1.49. The van der Waals surface area contributed by atoms with Crippen LogP contribution in [-0.2, 0) is 9.53 Å². The number of nitrogens with zero attached hydrogens (tertiary/aromatic N) is 2. The summed E-state index contributed by atoms with van der Waals surface area (Å²) in [5.41, 5.74) is 4.94. The van der Waals surface area contributed by atoms with Crippen LogP contribution in [0.1, 0.15) is 16.8 Å². The normalized spacial score (nSPS) is 15.5. The van der Waals surface area contributed by atoms with Crippen molar-refractivity contribution < 1.29 is 23.1 Å². The fourth-order valence-corrected chi connectivity index (χ4v) is 2.61. The van der Waals surface area contributed by atoms with Crippen LogP contribution in [-0.4, -0.2) is 67.6 Å². The number of methoxy groups -OCH3 is 1. The molecule has 1 aromatic carbocycles. The number of ether oxygens (including phenoxy) is 1. The van der Waals surface area contributed by atoms with E-state index in [1.54, 1.807) is 4.90 Å². The van der Waals surface area contributed by atoms with E-state index in [1.165, 1.54) is 18.1 Å². The molecule has 9 heteroatoms. The van der Waals surface area contributed by atoms with Crippen LogP contribution in [0.4, 0.5) is 8.78 Å². The molecule has 1 heterocycles. The Labute approximate surface area is 151 Å². The maximum atomic E-state index is 13.7. The summed E-state index contributed by atoms with van der Waals surface area (Å²) in [6.45, 7) is 1.30. The van der Waals surface area contributed by atoms with Crippen molar-refractivity contribution in [2.45, 2.75) is 12.5 Å². The second-order valence-electron chi connectivity index (χ2n) is 5.57. The smallest absolute Gasteiger partial charge is 0.259 e. The molecule has 2 rings (SSSR count). The van der Waals surface area contributed by atoms with Gasteiger partial charge in [0.2, 0.25) is 5.91 Å². The zero-order chi connectivity index (χ0) is 17.7. The molecule has 2 N–H and O–H groups in total. The van der Waals surface area contributed by atoms with Gasteiger partial charge >= 0.3 is 0 Å². The third kappa shape index (κ3) is 5.10. The van der Waals surface area contributed by atoms with Crippen LogP contribution in [0.25, 0.3) is 0 Å². The Hall–Kier alpha value is -1.77. The summed E-state index contributed by atoms with van der Waals surface area (Å²) in [5, 5.41) is 0. The second kappa shape index (κ2) is 9.65. The molecule has 0 aliphatic carbocycles. The predicted molar refractivity (Wildman–Crippen MR) is 90.6 cm³/mol. The van der Waals surface area contributed by atoms with Crippen LogP contribution in [0.3, 0.4) is 0 Å². The Balaban J connectivity index is 0.00000312. The van der Waals surface area contributed by atoms with Crippen LogP contribution < -0.4 is 5.73 Å². The highest BCUT2D eigenvalue weighted by atomic mass is 35.5. The lowest BCUT2D eigenvalue weighted by atomic mass is 10.1. The zero-order valence-electron chi connectivity index (χ0n) is 13.9. The topological polar surface area (TPSA) is 75.9 Å². The standard InChI is InChI=1S/C16H21F2N3O3.ClH/c1-24-11(10-19)9-14(22)20-5-7-21(8-6-20)16(23)15-12(17)3-2-4-13(15)18;/h2-4,11H,5-10,19H2,1H3;1H. The summed E-state index contributed by atoms with van der Waals surface area (Å²) >= 11 is 0. The van der Waals surface area contributed by atoms with Crippen LogP contribution in [0.2, 0.25) is 0 Å². The third-order valence-corrected chi connectivity index (χ3v) is 4.09. The van der Waals surface area contributed by atoms with Gasteiger partial charge in [0.05, 0.1) is 12.5 Å². The molecule has 0 saturated carbocycles. The number of carbonyl (C=O) groups is 2. The van der Waals surface area contributed by atoms with Crippen molar-refractivity contribution in [2.24, 2.45) is 5.73 Å². The van der Waals surface area contributed by atoms with Gasteiger partial charge in [-0.05, 0) is 12.1 Å². The molecule has 1 fully saturated rings. The van der Waals surface area contributed by atoms with Crippen molar-refractivity contribution in [3.63, 3.8) is 0 Å². The van der Waals surface area contributed by atoms with Gasteiger partial charge in [0, 0.05) is 39.8 Å². The number of benzene rings is 1. The minimum Gasteiger partial charge on any atom is -0.380 e. The molecule has 1 unspecified atom stereocenters. The van der Waals surface area contributed by atoms with E-state index >= 15 is 0 Å². The Bertz CT molecular complexity index is 586. The SMILES string of the molecule is COC(CN)CC(=O)N1CCN(C(=O)c2c(F)cccc2F)CC1.Cl. The average Bonchev–Trinajstić information content (AvgIpc) is 2.59. The van der Waals surface area contributed by atoms with E-state index in [0.29, 0.717) is 13.1 Å². The molecule has 140 valence electrons. The number of amides is 2. The lowest BCUT2D eigenvalue weighted by Crippen LogP contribution is -2.51. The van der Waals surface area contributed by atoms with Crippen LogP contribution in [0.5, 0.6) is 0 Å². The number of hydrogen-bond acceptors (Lipinski definition) is 4. The first-order valence-electron chi connectivity index (χ1n) is 7.71. The summed E-state index contributed by atoms with van der Waals surface area (Å²) in [5.74, 6) is -2.58. The highest BCUT2D eigenvalue weighted by Crippen LogP contribution is 2.16.